The Morgan fingerprint density at radius 1 is 1.19 bits per heavy atom. The molecule has 0 N–H and O–H groups in total. The molecule has 0 saturated heterocycles. The van der Waals surface area contributed by atoms with Crippen molar-refractivity contribution in [3.63, 3.8) is 0 Å². The smallest absolute Gasteiger partial charge is 0.286 e. The van der Waals surface area contributed by atoms with E-state index in [1.54, 1.807) is 12.1 Å². The first kappa shape index (κ1) is 23.4. The number of carbonyl (C=O) groups is 1. The molecule has 1 heterocycles. The van der Waals surface area contributed by atoms with Crippen LogP contribution in [0.5, 0.6) is 11.5 Å². The van der Waals surface area contributed by atoms with Crippen LogP contribution in [-0.2, 0) is 0 Å². The summed E-state index contributed by atoms with van der Waals surface area (Å²) in [5.74, 6) is -0.805. The third-order valence-corrected chi connectivity index (χ3v) is 5.79. The van der Waals surface area contributed by atoms with E-state index in [4.69, 9.17) is 9.47 Å². The second kappa shape index (κ2) is 9.88. The number of aromatic nitrogens is 1. The molecule has 9 nitrogen and oxygen atoms in total. The molecule has 0 aliphatic rings. The number of benzene rings is 2. The molecular weight excluding hydrogens is 439 g/mol. The Balaban J connectivity index is 2.10. The molecule has 0 aliphatic heterocycles. The summed E-state index contributed by atoms with van der Waals surface area (Å²) in [6.45, 7) is 0.918. The van der Waals surface area contributed by atoms with Crippen molar-refractivity contribution in [1.29, 1.82) is 0 Å². The van der Waals surface area contributed by atoms with Gasteiger partial charge in [0.25, 0.3) is 11.6 Å². The topological polar surface area (TPSA) is 98.0 Å². The minimum atomic E-state index is -0.648. The van der Waals surface area contributed by atoms with Crippen molar-refractivity contribution in [2.45, 2.75) is 6.42 Å². The first-order valence-electron chi connectivity index (χ1n) is 9.68. The summed E-state index contributed by atoms with van der Waals surface area (Å²) < 4.78 is 25.2. The predicted octanol–water partition coefficient (Wildman–Crippen LogP) is 3.96. The molecule has 2 aromatic carbocycles. The van der Waals surface area contributed by atoms with Crippen molar-refractivity contribution in [2.75, 3.05) is 46.3 Å². The highest BCUT2D eigenvalue weighted by atomic mass is 32.1. The van der Waals surface area contributed by atoms with E-state index in [-0.39, 0.29) is 34.3 Å². The lowest BCUT2D eigenvalue weighted by molar-refractivity contribution is -0.385. The van der Waals surface area contributed by atoms with E-state index < -0.39 is 22.3 Å². The number of nitrogens with zero attached hydrogens (tertiary/aromatic N) is 4. The lowest BCUT2D eigenvalue weighted by Crippen LogP contribution is -2.34. The fourth-order valence-electron chi connectivity index (χ4n) is 3.18. The summed E-state index contributed by atoms with van der Waals surface area (Å²) in [7, 11) is 6.53. The second-order valence-corrected chi connectivity index (χ2v) is 8.19. The van der Waals surface area contributed by atoms with Crippen molar-refractivity contribution in [3.05, 3.63) is 51.8 Å². The van der Waals surface area contributed by atoms with Crippen LogP contribution in [0, 0.1) is 15.9 Å². The SMILES string of the molecule is COc1cc(C(=O)N(CCCN(C)C)c2nc3c(F)cccc3s2)c([N+](=O)[O-])cc1OC. The Kier molecular flexibility index (Phi) is 7.21. The van der Waals surface area contributed by atoms with Gasteiger partial charge >= 0.3 is 0 Å². The summed E-state index contributed by atoms with van der Waals surface area (Å²) in [6.07, 6.45) is 0.582. The molecule has 0 aliphatic carbocycles. The highest BCUT2D eigenvalue weighted by Crippen LogP contribution is 2.37. The van der Waals surface area contributed by atoms with E-state index in [0.717, 1.165) is 17.4 Å². The normalized spacial score (nSPS) is 11.1. The van der Waals surface area contributed by atoms with Crippen LogP contribution in [0.25, 0.3) is 10.2 Å². The van der Waals surface area contributed by atoms with Crippen LogP contribution in [-0.4, -0.2) is 62.1 Å². The highest BCUT2D eigenvalue weighted by molar-refractivity contribution is 7.22. The van der Waals surface area contributed by atoms with Crippen LogP contribution >= 0.6 is 11.3 Å². The van der Waals surface area contributed by atoms with Gasteiger partial charge in [0.15, 0.2) is 16.6 Å². The van der Waals surface area contributed by atoms with Crippen LogP contribution in [0.3, 0.4) is 0 Å². The maximum atomic E-state index is 14.2. The number of amides is 1. The van der Waals surface area contributed by atoms with Gasteiger partial charge in [-0.05, 0) is 39.2 Å². The van der Waals surface area contributed by atoms with E-state index >= 15 is 0 Å². The summed E-state index contributed by atoms with van der Waals surface area (Å²) in [5, 5.41) is 12.0. The molecule has 0 radical (unpaired) electrons. The van der Waals surface area contributed by atoms with Crippen LogP contribution in [0.2, 0.25) is 0 Å². The Morgan fingerprint density at radius 2 is 1.88 bits per heavy atom. The van der Waals surface area contributed by atoms with Crippen molar-refractivity contribution in [3.8, 4) is 11.5 Å². The summed E-state index contributed by atoms with van der Waals surface area (Å²) in [4.78, 5) is 32.2. The minimum Gasteiger partial charge on any atom is -0.493 e. The fraction of sp³-hybridized carbons (Fsp3) is 0.333. The Morgan fingerprint density at radius 3 is 2.47 bits per heavy atom. The number of hydrogen-bond acceptors (Lipinski definition) is 8. The minimum absolute atomic E-state index is 0.136. The Hall–Kier alpha value is -3.31. The number of nitro groups is 1. The first-order chi connectivity index (χ1) is 15.3. The first-order valence-corrected chi connectivity index (χ1v) is 10.5. The van der Waals surface area contributed by atoms with Crippen LogP contribution in [0.4, 0.5) is 15.2 Å². The van der Waals surface area contributed by atoms with E-state index in [1.807, 2.05) is 19.0 Å². The van der Waals surface area contributed by atoms with Gasteiger partial charge in [-0.15, -0.1) is 0 Å². The molecule has 0 atom stereocenters. The number of nitro benzene ring substituents is 1. The van der Waals surface area contributed by atoms with E-state index in [1.165, 1.54) is 31.3 Å². The van der Waals surface area contributed by atoms with Crippen molar-refractivity contribution < 1.29 is 23.6 Å². The lowest BCUT2D eigenvalue weighted by atomic mass is 10.1. The second-order valence-electron chi connectivity index (χ2n) is 7.18. The van der Waals surface area contributed by atoms with Crippen LogP contribution < -0.4 is 14.4 Å². The van der Waals surface area contributed by atoms with E-state index in [0.29, 0.717) is 17.7 Å². The standard InChI is InChI=1S/C21H23FN4O5S/c1-24(2)9-6-10-25(21-23-19-14(22)7-5-8-18(19)32-21)20(27)13-11-16(30-3)17(31-4)12-15(13)26(28)29/h5,7-8,11-12H,6,9-10H2,1-4H3. The molecule has 0 bridgehead atoms. The largest absolute Gasteiger partial charge is 0.493 e. The maximum Gasteiger partial charge on any atom is 0.286 e. The maximum absolute atomic E-state index is 14.2. The zero-order valence-corrected chi connectivity index (χ0v) is 18.9. The molecule has 1 aromatic heterocycles. The lowest BCUT2D eigenvalue weighted by Gasteiger charge is -2.21. The number of hydrogen-bond donors (Lipinski definition) is 0. The number of carbonyl (C=O) groups excluding carboxylic acids is 1. The molecule has 0 unspecified atom stereocenters. The zero-order chi connectivity index (χ0) is 23.4. The van der Waals surface area contributed by atoms with Gasteiger partial charge < -0.3 is 14.4 Å². The quantitative estimate of drug-likeness (QED) is 0.351. The summed E-state index contributed by atoms with van der Waals surface area (Å²) in [6, 6.07) is 7.01. The van der Waals surface area contributed by atoms with E-state index in [9.17, 15) is 19.3 Å². The summed E-state index contributed by atoms with van der Waals surface area (Å²) in [5.41, 5.74) is -0.436. The number of halogens is 1. The van der Waals surface area contributed by atoms with Crippen LogP contribution in [0.15, 0.2) is 30.3 Å². The van der Waals surface area contributed by atoms with Gasteiger partial charge in [-0.1, -0.05) is 17.4 Å². The average molecular weight is 463 g/mol. The molecule has 0 fully saturated rings. The van der Waals surface area contributed by atoms with Gasteiger partial charge in [-0.25, -0.2) is 9.37 Å². The zero-order valence-electron chi connectivity index (χ0n) is 18.1. The number of methoxy groups -OCH3 is 2. The number of anilines is 1. The van der Waals surface area contributed by atoms with Crippen molar-refractivity contribution in [2.24, 2.45) is 0 Å². The van der Waals surface area contributed by atoms with Crippen molar-refractivity contribution in [1.82, 2.24) is 9.88 Å². The molecule has 3 rings (SSSR count). The molecule has 0 spiro atoms. The molecule has 1 amide bonds. The summed E-state index contributed by atoms with van der Waals surface area (Å²) >= 11 is 1.15. The number of fused-ring (bicyclic) bond motifs is 1. The van der Waals surface area contributed by atoms with Gasteiger partial charge in [0.2, 0.25) is 0 Å². The molecule has 32 heavy (non-hydrogen) atoms. The molecular formula is C21H23FN4O5S. The van der Waals surface area contributed by atoms with Gasteiger partial charge in [0, 0.05) is 12.6 Å². The molecule has 170 valence electrons. The van der Waals surface area contributed by atoms with Gasteiger partial charge in [0.05, 0.1) is 29.9 Å². The monoisotopic (exact) mass is 462 g/mol. The molecule has 3 aromatic rings. The van der Waals surface area contributed by atoms with Gasteiger partial charge in [-0.3, -0.25) is 19.8 Å². The number of ether oxygens (including phenoxy) is 2. The third-order valence-electron chi connectivity index (χ3n) is 4.75. The predicted molar refractivity (Wildman–Crippen MR) is 121 cm³/mol. The Bertz CT molecular complexity index is 1150. The average Bonchev–Trinajstić information content (AvgIpc) is 3.20. The number of para-hydroxylation sites is 1. The molecule has 11 heteroatoms. The number of thiazole rings is 1. The Labute approximate surface area is 188 Å². The fourth-order valence-corrected chi connectivity index (χ4v) is 4.19. The number of rotatable bonds is 9. The highest BCUT2D eigenvalue weighted by Gasteiger charge is 2.30. The van der Waals surface area contributed by atoms with E-state index in [2.05, 4.69) is 4.98 Å². The van der Waals surface area contributed by atoms with Crippen molar-refractivity contribution >= 4 is 38.3 Å². The van der Waals surface area contributed by atoms with Gasteiger partial charge in [0.1, 0.15) is 16.9 Å². The van der Waals surface area contributed by atoms with Gasteiger partial charge in [-0.2, -0.15) is 0 Å². The third kappa shape index (κ3) is 4.78. The molecule has 0 saturated carbocycles. The van der Waals surface area contributed by atoms with Crippen LogP contribution in [0.1, 0.15) is 16.8 Å².